The molecule has 7 nitrogen and oxygen atoms in total. The van der Waals surface area contributed by atoms with Crippen LogP contribution < -0.4 is 16.3 Å². The van der Waals surface area contributed by atoms with Crippen LogP contribution >= 0.6 is 11.6 Å². The number of halogens is 1. The molecule has 0 aliphatic rings. The van der Waals surface area contributed by atoms with Crippen molar-refractivity contribution in [2.45, 2.75) is 53.6 Å². The van der Waals surface area contributed by atoms with Gasteiger partial charge in [0.05, 0.1) is 0 Å². The third-order valence-corrected chi connectivity index (χ3v) is 1.70. The molecule has 0 fully saturated rings. The Morgan fingerprint density at radius 3 is 1.58 bits per heavy atom. The highest BCUT2D eigenvalue weighted by atomic mass is 35.5. The van der Waals surface area contributed by atoms with Crippen molar-refractivity contribution >= 4 is 28.8 Å². The van der Waals surface area contributed by atoms with Gasteiger partial charge in [0.15, 0.2) is 0 Å². The number of nitrogens with one attached hydrogen (secondary N) is 3. The maximum Gasteiger partial charge on any atom is 0.335 e. The third kappa shape index (κ3) is 14.6. The van der Waals surface area contributed by atoms with Crippen LogP contribution in [0, 0.1) is 0 Å². The molecule has 0 saturated heterocycles. The summed E-state index contributed by atoms with van der Waals surface area (Å²) in [4.78, 5) is 31.3. The van der Waals surface area contributed by atoms with Crippen molar-refractivity contribution in [3.8, 4) is 0 Å². The molecule has 0 unspecified atom stereocenters. The summed E-state index contributed by atoms with van der Waals surface area (Å²) in [6, 6.07) is 0.169. The lowest BCUT2D eigenvalue weighted by molar-refractivity contribution is -0.123. The number of carbonyl (C=O) groups excluding carboxylic acids is 3. The third-order valence-electron chi connectivity index (χ3n) is 1.52. The van der Waals surface area contributed by atoms with Gasteiger partial charge in [-0.15, -0.1) is 0 Å². The highest BCUT2D eigenvalue weighted by Crippen LogP contribution is 1.98. The van der Waals surface area contributed by atoms with Crippen LogP contribution in [0.1, 0.15) is 41.5 Å². The summed E-state index contributed by atoms with van der Waals surface area (Å²) in [6.45, 7) is 10.2. The molecule has 3 amide bonds. The van der Waals surface area contributed by atoms with E-state index in [0.29, 0.717) is 6.04 Å². The molecule has 0 aliphatic heterocycles. The minimum Gasteiger partial charge on any atom is -0.292 e. The van der Waals surface area contributed by atoms with Gasteiger partial charge in [-0.1, -0.05) is 0 Å². The fourth-order valence-electron chi connectivity index (χ4n) is 0.792. The minimum atomic E-state index is -0.685. The predicted molar refractivity (Wildman–Crippen MR) is 74.1 cm³/mol. The summed E-state index contributed by atoms with van der Waals surface area (Å²) in [5.41, 5.74) is 7.49. The zero-order chi connectivity index (χ0) is 15.6. The fraction of sp³-hybridized carbons (Fsp3) is 0.727. The molecule has 0 saturated carbocycles. The summed E-state index contributed by atoms with van der Waals surface area (Å²) < 4.78 is 0. The fourth-order valence-corrected chi connectivity index (χ4v) is 1.03. The van der Waals surface area contributed by atoms with Gasteiger partial charge in [0, 0.05) is 25.9 Å². The Labute approximate surface area is 119 Å². The summed E-state index contributed by atoms with van der Waals surface area (Å²) in [7, 11) is 0. The van der Waals surface area contributed by atoms with Crippen molar-refractivity contribution in [3.05, 3.63) is 0 Å². The highest BCUT2D eigenvalue weighted by molar-refractivity contribution is 6.62. The van der Waals surface area contributed by atoms with Crippen molar-refractivity contribution in [1.82, 2.24) is 21.3 Å². The summed E-state index contributed by atoms with van der Waals surface area (Å²) in [5.74, 6) is -0.369. The van der Waals surface area contributed by atoms with Crippen molar-refractivity contribution in [2.24, 2.45) is 0 Å². The monoisotopic (exact) mass is 294 g/mol. The number of carbonyl (C=O) groups is 3. The van der Waals surface area contributed by atoms with Gasteiger partial charge >= 0.3 is 5.37 Å². The first-order chi connectivity index (χ1) is 8.57. The predicted octanol–water partition coefficient (Wildman–Crippen LogP) is 1.14. The summed E-state index contributed by atoms with van der Waals surface area (Å²) in [6.07, 6.45) is 0. The van der Waals surface area contributed by atoms with Crippen molar-refractivity contribution in [2.75, 3.05) is 0 Å². The van der Waals surface area contributed by atoms with Gasteiger partial charge in [0.1, 0.15) is 0 Å². The number of amides is 3. The van der Waals surface area contributed by atoms with E-state index in [9.17, 15) is 14.4 Å². The summed E-state index contributed by atoms with van der Waals surface area (Å²) in [5, 5.41) is 0.374. The first kappa shape index (κ1) is 20.0. The van der Waals surface area contributed by atoms with E-state index in [1.54, 1.807) is 13.8 Å². The maximum absolute atomic E-state index is 10.6. The zero-order valence-corrected chi connectivity index (χ0v) is 13.0. The Bertz CT molecular complexity index is 308. The number of rotatable bonds is 3. The molecular weight excluding hydrogens is 272 g/mol. The number of hydrogen-bond donors (Lipinski definition) is 3. The van der Waals surface area contributed by atoms with Gasteiger partial charge in [-0.05, 0) is 39.3 Å². The van der Waals surface area contributed by atoms with Crippen LogP contribution in [0.25, 0.3) is 0 Å². The molecule has 8 heteroatoms. The van der Waals surface area contributed by atoms with Crippen LogP contribution in [-0.2, 0) is 9.59 Å². The van der Waals surface area contributed by atoms with Crippen LogP contribution in [0.4, 0.5) is 4.79 Å². The smallest absolute Gasteiger partial charge is 0.292 e. The van der Waals surface area contributed by atoms with E-state index in [2.05, 4.69) is 16.3 Å². The molecule has 0 aliphatic carbocycles. The van der Waals surface area contributed by atoms with E-state index in [0.717, 1.165) is 5.01 Å². The van der Waals surface area contributed by atoms with Crippen molar-refractivity contribution in [3.63, 3.8) is 0 Å². The molecule has 0 aromatic heterocycles. The van der Waals surface area contributed by atoms with Gasteiger partial charge in [-0.25, -0.2) is 10.4 Å². The second-order valence-corrected chi connectivity index (χ2v) is 4.69. The molecule has 0 bridgehead atoms. The molecule has 0 atom stereocenters. The Balaban J connectivity index is 0. The SMILES string of the molecule is CC(=O)NN(C(=O)Cl)C(C)C.CC(=O)NNC(C)C. The lowest BCUT2D eigenvalue weighted by Gasteiger charge is -2.23. The number of nitrogens with zero attached hydrogens (tertiary/aromatic N) is 1. The van der Waals surface area contributed by atoms with E-state index < -0.39 is 5.37 Å². The van der Waals surface area contributed by atoms with Crippen LogP contribution in [0.3, 0.4) is 0 Å². The first-order valence-electron chi connectivity index (χ1n) is 5.85. The second-order valence-electron chi connectivity index (χ2n) is 4.36. The number of hydrogen-bond acceptors (Lipinski definition) is 4. The lowest BCUT2D eigenvalue weighted by atomic mass is 10.4. The molecule has 0 aromatic rings. The molecule has 19 heavy (non-hydrogen) atoms. The van der Waals surface area contributed by atoms with Gasteiger partial charge < -0.3 is 0 Å². The molecule has 0 aromatic carbocycles. The quantitative estimate of drug-likeness (QED) is 0.414. The Morgan fingerprint density at radius 1 is 1.00 bits per heavy atom. The van der Waals surface area contributed by atoms with Gasteiger partial charge in [0.2, 0.25) is 11.8 Å². The molecule has 112 valence electrons. The van der Waals surface area contributed by atoms with E-state index in [1.165, 1.54) is 13.8 Å². The van der Waals surface area contributed by atoms with Gasteiger partial charge in [0.25, 0.3) is 0 Å². The Morgan fingerprint density at radius 2 is 1.47 bits per heavy atom. The minimum absolute atomic E-state index is 0.0568. The topological polar surface area (TPSA) is 90.5 Å². The standard InChI is InChI=1S/C6H11ClN2O2.C5H12N2O/c1-4(2)9(6(7)11)8-5(3)10;1-4(2)6-7-5(3)8/h4H,1-3H3,(H,8,10);4,6H,1-3H3,(H,7,8). The van der Waals surface area contributed by atoms with Gasteiger partial charge in [-0.2, -0.15) is 0 Å². The molecule has 0 heterocycles. The average molecular weight is 295 g/mol. The van der Waals surface area contributed by atoms with Crippen molar-refractivity contribution in [1.29, 1.82) is 0 Å². The molecule has 0 spiro atoms. The molecular formula is C11H23ClN4O3. The van der Waals surface area contributed by atoms with E-state index in [1.807, 2.05) is 13.8 Å². The van der Waals surface area contributed by atoms with Crippen LogP contribution in [-0.4, -0.2) is 34.3 Å². The Hall–Kier alpha value is -1.34. The summed E-state index contributed by atoms with van der Waals surface area (Å²) >= 11 is 5.16. The number of hydrazine groups is 2. The van der Waals surface area contributed by atoms with Crippen molar-refractivity contribution < 1.29 is 14.4 Å². The molecule has 3 N–H and O–H groups in total. The first-order valence-corrected chi connectivity index (χ1v) is 6.23. The Kier molecular flexibility index (Phi) is 11.1. The average Bonchev–Trinajstić information content (AvgIpc) is 2.23. The van der Waals surface area contributed by atoms with E-state index >= 15 is 0 Å². The normalized spacial score (nSPS) is 9.53. The van der Waals surface area contributed by atoms with Gasteiger partial charge in [-0.3, -0.25) is 25.2 Å². The van der Waals surface area contributed by atoms with E-state index in [4.69, 9.17) is 11.6 Å². The largest absolute Gasteiger partial charge is 0.335 e. The molecule has 0 radical (unpaired) electrons. The van der Waals surface area contributed by atoms with E-state index in [-0.39, 0.29) is 17.9 Å². The second kappa shape index (κ2) is 10.6. The maximum atomic E-state index is 10.6. The molecule has 0 rings (SSSR count). The zero-order valence-electron chi connectivity index (χ0n) is 12.2. The van der Waals surface area contributed by atoms with Crippen LogP contribution in [0.2, 0.25) is 0 Å². The lowest BCUT2D eigenvalue weighted by Crippen LogP contribution is -2.46. The highest BCUT2D eigenvalue weighted by Gasteiger charge is 2.14. The van der Waals surface area contributed by atoms with Crippen LogP contribution in [0.5, 0.6) is 0 Å². The van der Waals surface area contributed by atoms with Crippen LogP contribution in [0.15, 0.2) is 0 Å².